The Morgan fingerprint density at radius 2 is 1.72 bits per heavy atom. The molecule has 0 fully saturated rings. The monoisotopic (exact) mass is 262 g/mol. The van der Waals surface area contributed by atoms with E-state index in [-0.39, 0.29) is 16.6 Å². The van der Waals surface area contributed by atoms with E-state index >= 15 is 0 Å². The van der Waals surface area contributed by atoms with Gasteiger partial charge in [0, 0.05) is 10.9 Å². The van der Waals surface area contributed by atoms with Crippen LogP contribution in [-0.2, 0) is 4.57 Å². The second-order valence-corrected chi connectivity index (χ2v) is 4.52. The molecular weight excluding hydrogens is 251 g/mol. The van der Waals surface area contributed by atoms with Crippen molar-refractivity contribution in [3.63, 3.8) is 0 Å². The van der Waals surface area contributed by atoms with Crippen molar-refractivity contribution in [3.05, 3.63) is 48.0 Å². The Bertz CT molecular complexity index is 608. The van der Waals surface area contributed by atoms with E-state index < -0.39 is 14.4 Å². The summed E-state index contributed by atoms with van der Waals surface area (Å²) < 4.78 is 11.3. The molecule has 1 atom stereocenters. The normalized spacial score (nSPS) is 10.9. The van der Waals surface area contributed by atoms with Crippen molar-refractivity contribution >= 4 is 19.7 Å². The third kappa shape index (κ3) is 2.15. The highest BCUT2D eigenvalue weighted by Gasteiger charge is 2.17. The number of hydrogen-bond donors (Lipinski definition) is 2. The molecule has 0 bridgehead atoms. The van der Waals surface area contributed by atoms with E-state index in [2.05, 4.69) is 0 Å². The van der Waals surface area contributed by atoms with Crippen LogP contribution < -0.4 is 5.30 Å². The van der Waals surface area contributed by atoms with Gasteiger partial charge >= 0.3 is 5.97 Å². The Balaban J connectivity index is 2.77. The predicted octanol–water partition coefficient (Wildman–Crippen LogP) is 2.14. The van der Waals surface area contributed by atoms with E-state index in [4.69, 9.17) is 5.11 Å². The minimum Gasteiger partial charge on any atom is -0.507 e. The average molecular weight is 262 g/mol. The molecule has 0 spiro atoms. The number of aromatic carboxylic acids is 1. The van der Waals surface area contributed by atoms with Crippen LogP contribution in [0.25, 0.3) is 11.1 Å². The lowest BCUT2D eigenvalue weighted by Gasteiger charge is -2.10. The highest BCUT2D eigenvalue weighted by atomic mass is 31.1. The minimum atomic E-state index is -1.46. The maximum absolute atomic E-state index is 11.3. The first-order valence-electron chi connectivity index (χ1n) is 5.25. The van der Waals surface area contributed by atoms with Crippen molar-refractivity contribution in [2.75, 3.05) is 0 Å². The number of phenols is 1. The molecule has 2 aromatic carbocycles. The van der Waals surface area contributed by atoms with E-state index in [0.717, 1.165) is 0 Å². The maximum atomic E-state index is 11.3. The molecule has 4 nitrogen and oxygen atoms in total. The largest absolute Gasteiger partial charge is 0.507 e. The van der Waals surface area contributed by atoms with Gasteiger partial charge < -0.3 is 14.8 Å². The highest BCUT2D eigenvalue weighted by molar-refractivity contribution is 7.35. The molecule has 0 radical (unpaired) electrons. The van der Waals surface area contributed by atoms with Crippen molar-refractivity contribution in [3.8, 4) is 16.9 Å². The van der Waals surface area contributed by atoms with Crippen molar-refractivity contribution in [1.82, 2.24) is 0 Å². The molecule has 2 rings (SSSR count). The SMILES string of the molecule is O=[PH2]c1c(C(=O)O)ccc(O)c1-c1ccccc1. The van der Waals surface area contributed by atoms with Gasteiger partial charge in [-0.15, -0.1) is 0 Å². The van der Waals surface area contributed by atoms with Gasteiger partial charge in [0.25, 0.3) is 0 Å². The number of rotatable bonds is 3. The Morgan fingerprint density at radius 3 is 2.28 bits per heavy atom. The summed E-state index contributed by atoms with van der Waals surface area (Å²) in [7, 11) is -1.46. The van der Waals surface area contributed by atoms with Crippen LogP contribution in [0, 0.1) is 0 Å². The maximum Gasteiger partial charge on any atom is 0.336 e. The molecule has 2 N–H and O–H groups in total. The van der Waals surface area contributed by atoms with Crippen LogP contribution >= 0.6 is 8.46 Å². The Labute approximate surface area is 105 Å². The van der Waals surface area contributed by atoms with Crippen LogP contribution in [0.15, 0.2) is 42.5 Å². The molecule has 1 unspecified atom stereocenters. The summed E-state index contributed by atoms with van der Waals surface area (Å²) >= 11 is 0. The molecule has 0 aliphatic carbocycles. The van der Waals surface area contributed by atoms with E-state index in [1.807, 2.05) is 6.07 Å². The van der Waals surface area contributed by atoms with Crippen molar-refractivity contribution in [2.24, 2.45) is 0 Å². The molecule has 5 heteroatoms. The summed E-state index contributed by atoms with van der Waals surface area (Å²) in [5, 5.41) is 19.1. The molecule has 92 valence electrons. The van der Waals surface area contributed by atoms with Crippen LogP contribution in [0.3, 0.4) is 0 Å². The third-order valence-corrected chi connectivity index (χ3v) is 3.47. The van der Waals surface area contributed by atoms with E-state index in [0.29, 0.717) is 11.1 Å². The number of phenolic OH excluding ortho intramolecular Hbond substituents is 1. The molecule has 0 heterocycles. The van der Waals surface area contributed by atoms with Crippen LogP contribution in [0.1, 0.15) is 10.4 Å². The van der Waals surface area contributed by atoms with Gasteiger partial charge in [0.1, 0.15) is 5.75 Å². The lowest BCUT2D eigenvalue weighted by atomic mass is 10.0. The molecule has 18 heavy (non-hydrogen) atoms. The van der Waals surface area contributed by atoms with Crippen LogP contribution in [0.2, 0.25) is 0 Å². The average Bonchev–Trinajstić information content (AvgIpc) is 2.38. The molecule has 0 aromatic heterocycles. The Hall–Kier alpha value is -2.06. The van der Waals surface area contributed by atoms with Gasteiger partial charge in [-0.05, 0) is 17.7 Å². The first-order valence-corrected chi connectivity index (χ1v) is 6.30. The van der Waals surface area contributed by atoms with Gasteiger partial charge in [0.2, 0.25) is 0 Å². The molecular formula is C13H11O4P. The van der Waals surface area contributed by atoms with Crippen molar-refractivity contribution in [2.45, 2.75) is 0 Å². The number of benzene rings is 2. The lowest BCUT2D eigenvalue weighted by molar-refractivity contribution is 0.0698. The molecule has 0 aliphatic heterocycles. The summed E-state index contributed by atoms with van der Waals surface area (Å²) in [6.07, 6.45) is 0. The summed E-state index contributed by atoms with van der Waals surface area (Å²) in [5.74, 6) is -1.21. The molecule has 0 aliphatic rings. The molecule has 0 amide bonds. The van der Waals surface area contributed by atoms with E-state index in [9.17, 15) is 14.5 Å². The number of carboxylic acid groups (broad SMARTS) is 1. The van der Waals surface area contributed by atoms with Gasteiger partial charge in [-0.1, -0.05) is 30.3 Å². The number of hydrogen-bond acceptors (Lipinski definition) is 3. The van der Waals surface area contributed by atoms with Crippen molar-refractivity contribution in [1.29, 1.82) is 0 Å². The highest BCUT2D eigenvalue weighted by Crippen LogP contribution is 2.30. The first-order chi connectivity index (χ1) is 8.65. The van der Waals surface area contributed by atoms with Crippen LogP contribution in [0.5, 0.6) is 5.75 Å². The zero-order chi connectivity index (χ0) is 13.1. The number of carbonyl (C=O) groups is 1. The smallest absolute Gasteiger partial charge is 0.336 e. The van der Waals surface area contributed by atoms with E-state index in [1.54, 1.807) is 24.3 Å². The van der Waals surface area contributed by atoms with Gasteiger partial charge in [0.15, 0.2) is 0 Å². The van der Waals surface area contributed by atoms with Gasteiger partial charge in [0.05, 0.1) is 14.0 Å². The zero-order valence-corrected chi connectivity index (χ0v) is 10.5. The van der Waals surface area contributed by atoms with Crippen molar-refractivity contribution < 1.29 is 19.6 Å². The zero-order valence-electron chi connectivity index (χ0n) is 9.33. The van der Waals surface area contributed by atoms with E-state index in [1.165, 1.54) is 12.1 Å². The number of aromatic hydroxyl groups is 1. The summed E-state index contributed by atoms with van der Waals surface area (Å²) in [6.45, 7) is 0. The third-order valence-electron chi connectivity index (χ3n) is 2.63. The quantitative estimate of drug-likeness (QED) is 0.831. The fraction of sp³-hybridized carbons (Fsp3) is 0. The molecule has 0 saturated heterocycles. The summed E-state index contributed by atoms with van der Waals surface area (Å²) in [5.41, 5.74) is 0.952. The Kier molecular flexibility index (Phi) is 3.49. The first kappa shape index (κ1) is 12.4. The number of carboxylic acids is 1. The predicted molar refractivity (Wildman–Crippen MR) is 70.5 cm³/mol. The van der Waals surface area contributed by atoms with Gasteiger partial charge in [-0.25, -0.2) is 4.79 Å². The van der Waals surface area contributed by atoms with Crippen LogP contribution in [-0.4, -0.2) is 16.2 Å². The fourth-order valence-electron chi connectivity index (χ4n) is 1.83. The lowest BCUT2D eigenvalue weighted by Crippen LogP contribution is -2.12. The Morgan fingerprint density at radius 1 is 1.06 bits per heavy atom. The fourth-order valence-corrected chi connectivity index (χ4v) is 2.60. The summed E-state index contributed by atoms with van der Waals surface area (Å²) in [6, 6.07) is 11.4. The van der Waals surface area contributed by atoms with Gasteiger partial charge in [-0.3, -0.25) is 0 Å². The molecule has 0 saturated carbocycles. The van der Waals surface area contributed by atoms with Crippen LogP contribution in [0.4, 0.5) is 0 Å². The minimum absolute atomic E-state index is 0.0309. The second kappa shape index (κ2) is 5.07. The topological polar surface area (TPSA) is 74.6 Å². The molecule has 2 aromatic rings. The second-order valence-electron chi connectivity index (χ2n) is 3.71. The standard InChI is InChI=1S/C13H11O4P/c14-10-7-6-9(13(15)16)12(18-17)11(10)8-4-2-1-3-5-8/h1-7,14H,18H2,(H,15,16). The summed E-state index contributed by atoms with van der Waals surface area (Å²) in [4.78, 5) is 11.1. The van der Waals surface area contributed by atoms with Gasteiger partial charge in [-0.2, -0.15) is 0 Å².